The van der Waals surface area contributed by atoms with Crippen LogP contribution in [0.4, 0.5) is 0 Å². The van der Waals surface area contributed by atoms with Crippen molar-refractivity contribution in [1.82, 2.24) is 9.55 Å². The summed E-state index contributed by atoms with van der Waals surface area (Å²) in [4.78, 5) is 30.5. The zero-order chi connectivity index (χ0) is 17.1. The molecule has 0 spiro atoms. The minimum atomic E-state index is -0.708. The maximum Gasteiger partial charge on any atom is 0.331 e. The Bertz CT molecular complexity index is 835. The second-order valence-corrected chi connectivity index (χ2v) is 5.96. The average molecular weight is 332 g/mol. The van der Waals surface area contributed by atoms with E-state index in [4.69, 9.17) is 10.2 Å². The average Bonchev–Trinajstić information content (AvgIpc) is 3.06. The Morgan fingerprint density at radius 3 is 2.92 bits per heavy atom. The van der Waals surface area contributed by atoms with Gasteiger partial charge in [0.15, 0.2) is 0 Å². The van der Waals surface area contributed by atoms with E-state index < -0.39 is 17.1 Å². The van der Waals surface area contributed by atoms with Crippen molar-refractivity contribution in [3.05, 3.63) is 50.6 Å². The predicted octanol–water partition coefficient (Wildman–Crippen LogP) is 0.572. The van der Waals surface area contributed by atoms with Gasteiger partial charge in [-0.05, 0) is 25.0 Å². The highest BCUT2D eigenvalue weighted by Gasteiger charge is 2.21. The van der Waals surface area contributed by atoms with E-state index in [-0.39, 0.29) is 24.2 Å². The molecule has 1 saturated carbocycles. The van der Waals surface area contributed by atoms with Gasteiger partial charge in [-0.25, -0.2) is 4.79 Å². The highest BCUT2D eigenvalue weighted by atomic mass is 16.3. The molecule has 0 bridgehead atoms. The number of hydrogen-bond acceptors (Lipinski definition) is 6. The van der Waals surface area contributed by atoms with Gasteiger partial charge in [0.1, 0.15) is 11.3 Å². The predicted molar refractivity (Wildman–Crippen MR) is 88.6 cm³/mol. The van der Waals surface area contributed by atoms with E-state index in [9.17, 15) is 14.7 Å². The number of aromatic nitrogens is 2. The van der Waals surface area contributed by atoms with Crippen LogP contribution in [-0.2, 0) is 6.54 Å². The summed E-state index contributed by atoms with van der Waals surface area (Å²) in [5, 5.41) is 10.3. The van der Waals surface area contributed by atoms with Gasteiger partial charge in [-0.2, -0.15) is 0 Å². The molecule has 2 atom stereocenters. The molecule has 0 amide bonds. The van der Waals surface area contributed by atoms with Crippen LogP contribution in [0.3, 0.4) is 0 Å². The summed E-state index contributed by atoms with van der Waals surface area (Å²) < 4.78 is 6.20. The Kier molecular flexibility index (Phi) is 4.66. The molecule has 1 aliphatic carbocycles. The van der Waals surface area contributed by atoms with Gasteiger partial charge in [0, 0.05) is 12.3 Å². The largest absolute Gasteiger partial charge is 0.494 e. The molecular formula is C16H20N4O4. The number of aromatic hydroxyl groups is 1. The highest BCUT2D eigenvalue weighted by Crippen LogP contribution is 2.20. The third-order valence-corrected chi connectivity index (χ3v) is 4.28. The van der Waals surface area contributed by atoms with Gasteiger partial charge in [-0.15, -0.1) is 0 Å². The molecule has 0 radical (unpaired) electrons. The molecular weight excluding hydrogens is 312 g/mol. The topological polar surface area (TPSA) is 127 Å². The van der Waals surface area contributed by atoms with Gasteiger partial charge in [0.25, 0.3) is 5.56 Å². The number of nitrogens with zero attached hydrogens (tertiary/aromatic N) is 2. The van der Waals surface area contributed by atoms with E-state index in [1.54, 1.807) is 12.1 Å². The van der Waals surface area contributed by atoms with Crippen LogP contribution in [0.5, 0.6) is 5.88 Å². The number of aliphatic imine (C=N–C) groups is 1. The third-order valence-electron chi connectivity index (χ3n) is 4.28. The van der Waals surface area contributed by atoms with Crippen molar-refractivity contribution in [2.45, 2.75) is 44.3 Å². The first kappa shape index (κ1) is 16.3. The number of rotatable bonds is 4. The first-order chi connectivity index (χ1) is 11.6. The van der Waals surface area contributed by atoms with E-state index in [1.807, 2.05) is 0 Å². The van der Waals surface area contributed by atoms with Gasteiger partial charge >= 0.3 is 5.69 Å². The SMILES string of the molecule is N[C@H]1CCCC[C@H]1N=Cc1c(O)n(Cc2ccco2)c(=O)[nH]c1=O. The van der Waals surface area contributed by atoms with Crippen LogP contribution in [0.2, 0.25) is 0 Å². The molecule has 2 aromatic heterocycles. The van der Waals surface area contributed by atoms with Crippen LogP contribution in [0.25, 0.3) is 0 Å². The summed E-state index contributed by atoms with van der Waals surface area (Å²) in [6.07, 6.45) is 6.63. The van der Waals surface area contributed by atoms with Crippen LogP contribution in [-0.4, -0.2) is 33.0 Å². The van der Waals surface area contributed by atoms with Gasteiger partial charge in [0.2, 0.25) is 5.88 Å². The van der Waals surface area contributed by atoms with Crippen molar-refractivity contribution in [2.75, 3.05) is 0 Å². The van der Waals surface area contributed by atoms with E-state index in [0.717, 1.165) is 30.3 Å². The second kappa shape index (κ2) is 6.88. The Morgan fingerprint density at radius 2 is 2.21 bits per heavy atom. The van der Waals surface area contributed by atoms with Crippen LogP contribution in [0.1, 0.15) is 37.0 Å². The quantitative estimate of drug-likeness (QED) is 0.706. The van der Waals surface area contributed by atoms with E-state index in [1.165, 1.54) is 12.5 Å². The van der Waals surface area contributed by atoms with Crippen LogP contribution in [0, 0.1) is 0 Å². The zero-order valence-electron chi connectivity index (χ0n) is 13.1. The minimum Gasteiger partial charge on any atom is -0.494 e. The summed E-state index contributed by atoms with van der Waals surface area (Å²) in [5.41, 5.74) is 4.59. The smallest absolute Gasteiger partial charge is 0.331 e. The second-order valence-electron chi connectivity index (χ2n) is 5.96. The van der Waals surface area contributed by atoms with Crippen molar-refractivity contribution in [3.8, 4) is 5.88 Å². The van der Waals surface area contributed by atoms with Gasteiger partial charge < -0.3 is 15.3 Å². The molecule has 0 saturated heterocycles. The lowest BCUT2D eigenvalue weighted by Crippen LogP contribution is -2.36. The molecule has 2 aromatic rings. The standard InChI is InChI=1S/C16H20N4O4/c17-12-5-1-2-6-13(12)18-8-11-14(21)19-16(23)20(15(11)22)9-10-4-3-7-24-10/h3-4,7-8,12-13,22H,1-2,5-6,9,17H2,(H,19,21,23)/t12-,13+/m0/s1. The fourth-order valence-electron chi connectivity index (χ4n) is 2.89. The normalized spacial score (nSPS) is 21.4. The number of nitrogens with two attached hydrogens (primary N) is 1. The summed E-state index contributed by atoms with van der Waals surface area (Å²) in [6, 6.07) is 3.22. The van der Waals surface area contributed by atoms with Crippen molar-refractivity contribution >= 4 is 6.21 Å². The zero-order valence-corrected chi connectivity index (χ0v) is 13.1. The Morgan fingerprint density at radius 1 is 1.42 bits per heavy atom. The van der Waals surface area contributed by atoms with Crippen molar-refractivity contribution in [3.63, 3.8) is 0 Å². The van der Waals surface area contributed by atoms with Crippen LogP contribution in [0.15, 0.2) is 37.4 Å². The maximum absolute atomic E-state index is 12.0. The number of H-pyrrole nitrogens is 1. The molecule has 24 heavy (non-hydrogen) atoms. The fraction of sp³-hybridized carbons (Fsp3) is 0.438. The summed E-state index contributed by atoms with van der Waals surface area (Å²) in [6.45, 7) is 0.0121. The summed E-state index contributed by atoms with van der Waals surface area (Å²) in [7, 11) is 0. The molecule has 1 fully saturated rings. The molecule has 0 unspecified atom stereocenters. The lowest BCUT2D eigenvalue weighted by Gasteiger charge is -2.24. The number of aromatic amines is 1. The molecule has 8 nitrogen and oxygen atoms in total. The highest BCUT2D eigenvalue weighted by molar-refractivity contribution is 5.82. The third kappa shape index (κ3) is 3.33. The van der Waals surface area contributed by atoms with Gasteiger partial charge in [-0.3, -0.25) is 19.3 Å². The first-order valence-corrected chi connectivity index (χ1v) is 7.93. The Balaban J connectivity index is 1.92. The molecule has 0 aromatic carbocycles. The molecule has 2 heterocycles. The van der Waals surface area contributed by atoms with Crippen molar-refractivity contribution < 1.29 is 9.52 Å². The minimum absolute atomic E-state index is 0.0121. The Hall–Kier alpha value is -2.61. The lowest BCUT2D eigenvalue weighted by molar-refractivity contribution is 0.385. The van der Waals surface area contributed by atoms with Crippen molar-refractivity contribution in [1.29, 1.82) is 0 Å². The van der Waals surface area contributed by atoms with Crippen molar-refractivity contribution in [2.24, 2.45) is 10.7 Å². The monoisotopic (exact) mass is 332 g/mol. The van der Waals surface area contributed by atoms with E-state index in [0.29, 0.717) is 5.76 Å². The molecule has 4 N–H and O–H groups in total. The molecule has 128 valence electrons. The van der Waals surface area contributed by atoms with Gasteiger partial charge in [-0.1, -0.05) is 12.8 Å². The first-order valence-electron chi connectivity index (χ1n) is 7.93. The lowest BCUT2D eigenvalue weighted by atomic mass is 9.91. The molecule has 0 aliphatic heterocycles. The van der Waals surface area contributed by atoms with Gasteiger partial charge in [0.05, 0.1) is 18.8 Å². The number of hydrogen-bond donors (Lipinski definition) is 3. The maximum atomic E-state index is 12.0. The molecule has 8 heteroatoms. The fourth-order valence-corrected chi connectivity index (χ4v) is 2.89. The number of furan rings is 1. The number of nitrogens with one attached hydrogen (secondary N) is 1. The van der Waals surface area contributed by atoms with Crippen LogP contribution < -0.4 is 17.0 Å². The molecule has 3 rings (SSSR count). The summed E-state index contributed by atoms with van der Waals surface area (Å²) in [5.74, 6) is 0.0462. The van der Waals surface area contributed by atoms with E-state index >= 15 is 0 Å². The molecule has 1 aliphatic rings. The van der Waals surface area contributed by atoms with E-state index in [2.05, 4.69) is 9.98 Å². The van der Waals surface area contributed by atoms with Crippen LogP contribution >= 0.6 is 0 Å². The Labute approximate surface area is 137 Å². The summed E-state index contributed by atoms with van der Waals surface area (Å²) >= 11 is 0.